The van der Waals surface area contributed by atoms with Crippen LogP contribution in [0.25, 0.3) is 39.0 Å². The largest absolute Gasteiger partial charge is 0.378 e. The van der Waals surface area contributed by atoms with Crippen LogP contribution < -0.4 is 20.4 Å². The summed E-state index contributed by atoms with van der Waals surface area (Å²) in [7, 11) is 5.65. The summed E-state index contributed by atoms with van der Waals surface area (Å²) in [5.74, 6) is 0.203. The summed E-state index contributed by atoms with van der Waals surface area (Å²) in [4.78, 5) is 38.5. The molecule has 0 aliphatic carbocycles. The van der Waals surface area contributed by atoms with Crippen molar-refractivity contribution in [3.05, 3.63) is 78.0 Å². The number of benzene rings is 2. The van der Waals surface area contributed by atoms with Crippen LogP contribution in [0.2, 0.25) is 0 Å². The number of hydrogen-bond acceptors (Lipinski definition) is 13. The van der Waals surface area contributed by atoms with Crippen molar-refractivity contribution in [3.8, 4) is 16.9 Å². The highest BCUT2D eigenvalue weighted by molar-refractivity contribution is 5.93. The molecule has 3 fully saturated rings. The van der Waals surface area contributed by atoms with Crippen molar-refractivity contribution >= 4 is 45.9 Å². The highest BCUT2D eigenvalue weighted by Crippen LogP contribution is 2.36. The van der Waals surface area contributed by atoms with Gasteiger partial charge in [-0.3, -0.25) is 0 Å². The molecule has 4 aromatic heterocycles. The van der Waals surface area contributed by atoms with E-state index in [1.54, 1.807) is 13.3 Å². The molecule has 2 aromatic carbocycles. The van der Waals surface area contributed by atoms with E-state index in [2.05, 4.69) is 30.1 Å². The predicted molar refractivity (Wildman–Crippen MR) is 239 cm³/mol. The summed E-state index contributed by atoms with van der Waals surface area (Å²) < 4.78 is 59.6. The Kier molecular flexibility index (Phi) is 14.2. The lowest BCUT2D eigenvalue weighted by Gasteiger charge is -2.37. The number of aromatic nitrogens is 7. The Morgan fingerprint density at radius 2 is 1.81 bits per heavy atom. The Hall–Kier alpha value is -5.69. The van der Waals surface area contributed by atoms with E-state index in [0.29, 0.717) is 97.7 Å². The van der Waals surface area contributed by atoms with Gasteiger partial charge in [0.25, 0.3) is 0 Å². The van der Waals surface area contributed by atoms with E-state index in [9.17, 15) is 9.18 Å². The van der Waals surface area contributed by atoms with Gasteiger partial charge < -0.3 is 44.2 Å². The molecule has 15 nitrogen and oxygen atoms in total. The van der Waals surface area contributed by atoms with Crippen molar-refractivity contribution in [2.75, 3.05) is 75.7 Å². The third-order valence-corrected chi connectivity index (χ3v) is 11.4. The Bertz CT molecular complexity index is 2530. The second kappa shape index (κ2) is 19.8. The first kappa shape index (κ1) is 45.3. The smallest absolute Gasteiger partial charge is 0.229 e. The fourth-order valence-electron chi connectivity index (χ4n) is 8.70. The number of carbonyl (C=O) groups is 1. The number of hydrogen-bond donors (Lipinski definition) is 2. The molecule has 0 saturated carbocycles. The molecule has 0 amide bonds. The van der Waals surface area contributed by atoms with Gasteiger partial charge in [-0.15, -0.1) is 0 Å². The van der Waals surface area contributed by atoms with Gasteiger partial charge >= 0.3 is 0 Å². The van der Waals surface area contributed by atoms with Gasteiger partial charge in [0.15, 0.2) is 11.5 Å². The van der Waals surface area contributed by atoms with Crippen LogP contribution in [0.1, 0.15) is 39.9 Å². The Morgan fingerprint density at radius 3 is 2.56 bits per heavy atom. The van der Waals surface area contributed by atoms with E-state index in [1.165, 1.54) is 28.9 Å². The number of ether oxygens (including phenoxy) is 2. The molecule has 9 rings (SSSR count). The number of likely N-dealkylation sites (N-methyl/N-ethyl adjacent to an activating group) is 1. The number of nitrogens with one attached hydrogen (secondary N) is 2. The van der Waals surface area contributed by atoms with Crippen LogP contribution in [0.3, 0.4) is 0 Å². The number of pyridine rings is 1. The van der Waals surface area contributed by atoms with Gasteiger partial charge in [-0.1, -0.05) is 33.8 Å². The van der Waals surface area contributed by atoms with Crippen molar-refractivity contribution in [2.24, 2.45) is 0 Å². The molecule has 2 N–H and O–H groups in total. The van der Waals surface area contributed by atoms with Gasteiger partial charge in [-0.25, -0.2) is 27.8 Å². The fourth-order valence-corrected chi connectivity index (χ4v) is 8.70. The lowest BCUT2D eigenvalue weighted by Crippen LogP contribution is -2.51. The van der Waals surface area contributed by atoms with Gasteiger partial charge in [-0.2, -0.15) is 15.1 Å². The van der Waals surface area contributed by atoms with Gasteiger partial charge in [0, 0.05) is 63.6 Å². The number of carbonyl (C=O) groups excluding carboxylic acids is 1. The second-order valence-corrected chi connectivity index (χ2v) is 15.6. The van der Waals surface area contributed by atoms with Crippen LogP contribution in [0.15, 0.2) is 54.7 Å². The SMILES string of the molecule is CC.CC.COC(CN(C)C)Cn1c(C)nc2cc(F)cc(-c3cccc(NC4CC(C=O)N(c5nc(N6CCOC7CNCC76)nc6c5cnn6-c5ccc(F)cc5F)C4)n3)c21. The molecule has 336 valence electrons. The minimum atomic E-state index is -0.795. The standard InChI is InChI=1S/C41H45F3N12O3.2C2H6/c1-23-47-33-14-25(43)12-29(38(33)54(23)21-28(58-4)20-52(2)3)32-6-5-7-37(49-32)48-26-15-27(22-57)55(19-26)39-30-16-46-56(34-9-8-24(42)13-31(34)44)40(30)51-41(50-39)53-10-11-59-36-18-45-17-35(36)53;2*1-2/h5-9,12-14,16,22,26-28,35-36,45H,10-11,15,17-21H2,1-4H3,(H,48,49);2*1-2H3. The third-order valence-electron chi connectivity index (χ3n) is 11.4. The molecule has 3 aliphatic rings. The number of fused-ring (bicyclic) bond motifs is 3. The van der Waals surface area contributed by atoms with Crippen LogP contribution in [0.4, 0.5) is 30.8 Å². The second-order valence-electron chi connectivity index (χ2n) is 15.6. The molecule has 0 bridgehead atoms. The highest BCUT2D eigenvalue weighted by Gasteiger charge is 2.40. The van der Waals surface area contributed by atoms with E-state index in [1.807, 2.05) is 71.8 Å². The first-order valence-corrected chi connectivity index (χ1v) is 21.7. The first-order chi connectivity index (χ1) is 30.6. The zero-order valence-electron chi connectivity index (χ0n) is 37.1. The Labute approximate surface area is 365 Å². The van der Waals surface area contributed by atoms with E-state index < -0.39 is 23.5 Å². The number of rotatable bonds is 12. The van der Waals surface area contributed by atoms with Crippen LogP contribution in [0.5, 0.6) is 0 Å². The van der Waals surface area contributed by atoms with Crippen LogP contribution in [-0.4, -0.2) is 136 Å². The number of aldehydes is 1. The first-order valence-electron chi connectivity index (χ1n) is 21.7. The molecule has 0 radical (unpaired) electrons. The fraction of sp³-hybridized carbons (Fsp3) is 0.467. The number of methoxy groups -OCH3 is 1. The van der Waals surface area contributed by atoms with Gasteiger partial charge in [0.05, 0.1) is 65.8 Å². The summed E-state index contributed by atoms with van der Waals surface area (Å²) in [5.41, 5.74) is 2.77. The minimum absolute atomic E-state index is 0.0270. The van der Waals surface area contributed by atoms with Gasteiger partial charge in [0.1, 0.15) is 41.1 Å². The number of nitrogens with zero attached hydrogens (tertiary/aromatic N) is 10. The normalized spacial score (nSPS) is 20.1. The summed E-state index contributed by atoms with van der Waals surface area (Å²) >= 11 is 0. The molecular weight excluding hydrogens is 814 g/mol. The van der Waals surface area contributed by atoms with Crippen molar-refractivity contribution in [3.63, 3.8) is 0 Å². The van der Waals surface area contributed by atoms with Crippen molar-refractivity contribution in [1.82, 2.24) is 44.5 Å². The van der Waals surface area contributed by atoms with Crippen LogP contribution in [-0.2, 0) is 20.8 Å². The molecule has 3 saturated heterocycles. The van der Waals surface area contributed by atoms with Crippen molar-refractivity contribution in [1.29, 1.82) is 0 Å². The average Bonchev–Trinajstić information content (AvgIpc) is 4.10. The molecule has 6 aromatic rings. The molecular formula is C45H57F3N12O3. The summed E-state index contributed by atoms with van der Waals surface area (Å²) in [6.45, 7) is 13.8. The van der Waals surface area contributed by atoms with Gasteiger partial charge in [0.2, 0.25) is 5.95 Å². The van der Waals surface area contributed by atoms with Crippen LogP contribution in [0, 0.1) is 24.4 Å². The Morgan fingerprint density at radius 1 is 1.00 bits per heavy atom. The molecule has 18 heteroatoms. The van der Waals surface area contributed by atoms with E-state index in [4.69, 9.17) is 29.4 Å². The molecule has 63 heavy (non-hydrogen) atoms. The summed E-state index contributed by atoms with van der Waals surface area (Å²) in [6.07, 6.45) is 2.67. The zero-order valence-corrected chi connectivity index (χ0v) is 37.1. The monoisotopic (exact) mass is 870 g/mol. The maximum atomic E-state index is 15.2. The zero-order chi connectivity index (χ0) is 44.9. The molecule has 5 atom stereocenters. The number of aryl methyl sites for hydroxylation is 1. The lowest BCUT2D eigenvalue weighted by atomic mass is 10.1. The van der Waals surface area contributed by atoms with E-state index in [-0.39, 0.29) is 30.0 Å². The average molecular weight is 871 g/mol. The molecule has 0 spiro atoms. The summed E-state index contributed by atoms with van der Waals surface area (Å²) in [5, 5.41) is 11.9. The van der Waals surface area contributed by atoms with Crippen LogP contribution >= 0.6 is 0 Å². The molecule has 5 unspecified atom stereocenters. The molecule has 7 heterocycles. The maximum Gasteiger partial charge on any atom is 0.229 e. The number of imidazole rings is 1. The van der Waals surface area contributed by atoms with Gasteiger partial charge in [-0.05, 0) is 57.8 Å². The molecule has 3 aliphatic heterocycles. The number of halogens is 3. The highest BCUT2D eigenvalue weighted by atomic mass is 19.1. The lowest BCUT2D eigenvalue weighted by molar-refractivity contribution is -0.108. The van der Waals surface area contributed by atoms with Crippen molar-refractivity contribution < 1.29 is 27.4 Å². The van der Waals surface area contributed by atoms with E-state index in [0.717, 1.165) is 23.7 Å². The predicted octanol–water partition coefficient (Wildman–Crippen LogP) is 6.02. The number of anilines is 3. The topological polar surface area (TPSA) is 144 Å². The Balaban J connectivity index is 0.00000145. The summed E-state index contributed by atoms with van der Waals surface area (Å²) in [6, 6.07) is 10.9. The minimum Gasteiger partial charge on any atom is -0.378 e. The van der Waals surface area contributed by atoms with Crippen molar-refractivity contribution in [2.45, 2.75) is 77.9 Å². The maximum absolute atomic E-state index is 15.2. The number of morpholine rings is 1. The van der Waals surface area contributed by atoms with E-state index >= 15 is 8.78 Å². The third kappa shape index (κ3) is 9.21. The quantitative estimate of drug-likeness (QED) is 0.139.